The number of rotatable bonds is 4. The molecule has 2 aromatic rings. The molecule has 0 atom stereocenters. The second-order valence-electron chi connectivity index (χ2n) is 3.83. The van der Waals surface area contributed by atoms with E-state index in [1.54, 1.807) is 11.8 Å². The van der Waals surface area contributed by atoms with Crippen molar-refractivity contribution in [1.82, 2.24) is 0 Å². The fourth-order valence-electron chi connectivity index (χ4n) is 1.61. The van der Waals surface area contributed by atoms with E-state index in [4.69, 9.17) is 0 Å². The van der Waals surface area contributed by atoms with Crippen molar-refractivity contribution in [2.45, 2.75) is 11.4 Å². The van der Waals surface area contributed by atoms with E-state index in [9.17, 15) is 5.11 Å². The highest BCUT2D eigenvalue weighted by Crippen LogP contribution is 2.28. The van der Waals surface area contributed by atoms with Gasteiger partial charge in [-0.1, -0.05) is 12.1 Å². The van der Waals surface area contributed by atoms with Crippen LogP contribution in [0.3, 0.4) is 0 Å². The molecule has 0 radical (unpaired) electrons. The first-order valence-electron chi connectivity index (χ1n) is 5.55. The van der Waals surface area contributed by atoms with Crippen LogP contribution in [0.25, 0.3) is 0 Å². The van der Waals surface area contributed by atoms with Gasteiger partial charge in [0.25, 0.3) is 0 Å². The molecule has 0 unspecified atom stereocenters. The number of phenolic OH excluding ortho intramolecular Hbond substituents is 1. The maximum absolute atomic E-state index is 9.87. The lowest BCUT2D eigenvalue weighted by Crippen LogP contribution is -1.99. The van der Waals surface area contributed by atoms with Crippen LogP contribution < -0.4 is 5.32 Å². The van der Waals surface area contributed by atoms with Gasteiger partial charge in [-0.2, -0.15) is 0 Å². The molecule has 0 saturated heterocycles. The fourth-order valence-corrected chi connectivity index (χ4v) is 2.42. The minimum absolute atomic E-state index is 0.297. The number of nitrogens with one attached hydrogen (secondary N) is 1. The van der Waals surface area contributed by atoms with Crippen LogP contribution in [-0.4, -0.2) is 11.4 Å². The lowest BCUT2D eigenvalue weighted by Gasteiger charge is -2.09. The number of halogens is 1. The summed E-state index contributed by atoms with van der Waals surface area (Å²) in [4.78, 5) is 1.24. The van der Waals surface area contributed by atoms with Gasteiger partial charge in [0.15, 0.2) is 0 Å². The Bertz CT molecular complexity index is 528. The first kappa shape index (κ1) is 13.3. The van der Waals surface area contributed by atoms with Gasteiger partial charge in [-0.3, -0.25) is 0 Å². The molecular weight excluding hydrogens is 310 g/mol. The number of aromatic hydroxyl groups is 1. The third kappa shape index (κ3) is 3.21. The highest BCUT2D eigenvalue weighted by atomic mass is 79.9. The quantitative estimate of drug-likeness (QED) is 0.813. The molecule has 2 N–H and O–H groups in total. The Balaban J connectivity index is 2.04. The highest BCUT2D eigenvalue weighted by Gasteiger charge is 2.04. The second kappa shape index (κ2) is 6.16. The Morgan fingerprint density at radius 2 is 1.89 bits per heavy atom. The predicted molar refractivity (Wildman–Crippen MR) is 81.4 cm³/mol. The molecule has 18 heavy (non-hydrogen) atoms. The van der Waals surface area contributed by atoms with E-state index in [2.05, 4.69) is 39.6 Å². The third-order valence-electron chi connectivity index (χ3n) is 2.64. The van der Waals surface area contributed by atoms with Crippen LogP contribution in [0.15, 0.2) is 51.8 Å². The van der Waals surface area contributed by atoms with E-state index in [0.717, 1.165) is 15.7 Å². The zero-order chi connectivity index (χ0) is 13.0. The van der Waals surface area contributed by atoms with Crippen LogP contribution in [0.2, 0.25) is 0 Å². The molecule has 0 spiro atoms. The molecule has 2 aromatic carbocycles. The summed E-state index contributed by atoms with van der Waals surface area (Å²) in [6, 6.07) is 13.9. The lowest BCUT2D eigenvalue weighted by molar-refractivity contribution is 0.465. The highest BCUT2D eigenvalue weighted by molar-refractivity contribution is 9.10. The minimum atomic E-state index is 0.297. The maximum Gasteiger partial charge on any atom is 0.134 e. The van der Waals surface area contributed by atoms with E-state index < -0.39 is 0 Å². The summed E-state index contributed by atoms with van der Waals surface area (Å²) >= 11 is 5.03. The van der Waals surface area contributed by atoms with Gasteiger partial charge in [0.05, 0.1) is 4.47 Å². The number of hydrogen-bond donors (Lipinski definition) is 2. The van der Waals surface area contributed by atoms with Crippen molar-refractivity contribution in [1.29, 1.82) is 0 Å². The Kier molecular flexibility index (Phi) is 4.55. The minimum Gasteiger partial charge on any atom is -0.506 e. The average molecular weight is 324 g/mol. The van der Waals surface area contributed by atoms with E-state index in [1.165, 1.54) is 4.90 Å². The van der Waals surface area contributed by atoms with Gasteiger partial charge in [-0.15, -0.1) is 11.8 Å². The summed E-state index contributed by atoms with van der Waals surface area (Å²) in [5, 5.41) is 13.2. The fraction of sp³-hybridized carbons (Fsp3) is 0.143. The number of anilines is 1. The molecule has 0 amide bonds. The van der Waals surface area contributed by atoms with Crippen LogP contribution in [0.4, 0.5) is 5.69 Å². The molecule has 0 aliphatic rings. The van der Waals surface area contributed by atoms with Crippen LogP contribution in [0, 0.1) is 0 Å². The largest absolute Gasteiger partial charge is 0.506 e. The predicted octanol–water partition coefficient (Wildman–Crippen LogP) is 4.49. The Labute approximate surface area is 120 Å². The monoisotopic (exact) mass is 323 g/mol. The molecule has 0 aliphatic heterocycles. The summed E-state index contributed by atoms with van der Waals surface area (Å²) in [6.45, 7) is 0.601. The first-order valence-corrected chi connectivity index (χ1v) is 7.57. The number of benzene rings is 2. The van der Waals surface area contributed by atoms with Crippen molar-refractivity contribution in [3.05, 3.63) is 52.5 Å². The van der Waals surface area contributed by atoms with Crippen molar-refractivity contribution >= 4 is 33.4 Å². The Morgan fingerprint density at radius 3 is 2.56 bits per heavy atom. The van der Waals surface area contributed by atoms with Crippen molar-refractivity contribution in [3.8, 4) is 5.75 Å². The van der Waals surface area contributed by atoms with Crippen molar-refractivity contribution in [2.24, 2.45) is 0 Å². The molecule has 0 bridgehead atoms. The molecule has 2 rings (SSSR count). The number of hydrogen-bond acceptors (Lipinski definition) is 3. The summed E-state index contributed by atoms with van der Waals surface area (Å²) in [5.41, 5.74) is 1.92. The zero-order valence-electron chi connectivity index (χ0n) is 9.98. The van der Waals surface area contributed by atoms with E-state index in [1.807, 2.05) is 30.3 Å². The van der Waals surface area contributed by atoms with Gasteiger partial charge in [0, 0.05) is 22.7 Å². The summed E-state index contributed by atoms with van der Waals surface area (Å²) in [7, 11) is 0. The van der Waals surface area contributed by atoms with Gasteiger partial charge < -0.3 is 10.4 Å². The van der Waals surface area contributed by atoms with Crippen molar-refractivity contribution in [2.75, 3.05) is 11.6 Å². The zero-order valence-corrected chi connectivity index (χ0v) is 12.4. The van der Waals surface area contributed by atoms with E-state index in [-0.39, 0.29) is 0 Å². The van der Waals surface area contributed by atoms with Gasteiger partial charge in [-0.25, -0.2) is 0 Å². The molecule has 0 fully saturated rings. The Hall–Kier alpha value is -1.13. The van der Waals surface area contributed by atoms with Gasteiger partial charge in [-0.05, 0) is 52.5 Å². The molecule has 94 valence electrons. The van der Waals surface area contributed by atoms with E-state index in [0.29, 0.717) is 12.3 Å². The molecule has 0 aromatic heterocycles. The van der Waals surface area contributed by atoms with Crippen molar-refractivity contribution < 1.29 is 5.11 Å². The molecule has 2 nitrogen and oxygen atoms in total. The Morgan fingerprint density at radius 1 is 1.17 bits per heavy atom. The summed E-state index contributed by atoms with van der Waals surface area (Å²) in [6.07, 6.45) is 2.06. The number of phenols is 1. The lowest BCUT2D eigenvalue weighted by atomic mass is 10.2. The first-order chi connectivity index (χ1) is 8.70. The van der Waals surface area contributed by atoms with Gasteiger partial charge in [0.1, 0.15) is 5.75 Å². The molecule has 0 saturated carbocycles. The topological polar surface area (TPSA) is 32.3 Å². The standard InChI is InChI=1S/C14H14BrNOS/c1-18-12-7-5-11(6-8-12)16-9-10-3-2-4-13(15)14(10)17/h2-8,16-17H,9H2,1H3. The smallest absolute Gasteiger partial charge is 0.134 e. The SMILES string of the molecule is CSc1ccc(NCc2cccc(Br)c2O)cc1. The van der Waals surface area contributed by atoms with Crippen molar-refractivity contribution in [3.63, 3.8) is 0 Å². The third-order valence-corrected chi connectivity index (χ3v) is 4.03. The van der Waals surface area contributed by atoms with Crippen LogP contribution in [0.1, 0.15) is 5.56 Å². The van der Waals surface area contributed by atoms with Crippen LogP contribution in [0.5, 0.6) is 5.75 Å². The summed E-state index contributed by atoms with van der Waals surface area (Å²) < 4.78 is 0.722. The van der Waals surface area contributed by atoms with Gasteiger partial charge in [0.2, 0.25) is 0 Å². The average Bonchev–Trinajstić information content (AvgIpc) is 2.41. The maximum atomic E-state index is 9.87. The van der Waals surface area contributed by atoms with Gasteiger partial charge >= 0.3 is 0 Å². The molecular formula is C14H14BrNOS. The van der Waals surface area contributed by atoms with Crippen LogP contribution >= 0.6 is 27.7 Å². The number of thioether (sulfide) groups is 1. The molecule has 4 heteroatoms. The van der Waals surface area contributed by atoms with E-state index >= 15 is 0 Å². The molecule has 0 aliphatic carbocycles. The summed E-state index contributed by atoms with van der Waals surface area (Å²) in [5.74, 6) is 0.297. The second-order valence-corrected chi connectivity index (χ2v) is 5.56. The normalized spacial score (nSPS) is 10.3. The number of para-hydroxylation sites is 1. The van der Waals surface area contributed by atoms with Crippen LogP contribution in [-0.2, 0) is 6.54 Å². The molecule has 0 heterocycles.